The molecule has 0 unspecified atom stereocenters. The third kappa shape index (κ3) is 10.8. The van der Waals surface area contributed by atoms with Gasteiger partial charge in [-0.15, -0.1) is 0 Å². The van der Waals surface area contributed by atoms with Crippen LogP contribution in [0.1, 0.15) is 27.8 Å². The van der Waals surface area contributed by atoms with Crippen LogP contribution in [0.4, 0.5) is 0 Å². The van der Waals surface area contributed by atoms with Crippen LogP contribution in [0.25, 0.3) is 0 Å². The summed E-state index contributed by atoms with van der Waals surface area (Å²) in [7, 11) is 0. The van der Waals surface area contributed by atoms with Gasteiger partial charge in [0.2, 0.25) is 0 Å². The zero-order valence-corrected chi connectivity index (χ0v) is 30.3. The summed E-state index contributed by atoms with van der Waals surface area (Å²) < 4.78 is 39.8. The highest BCUT2D eigenvalue weighted by Gasteiger charge is 2.44. The van der Waals surface area contributed by atoms with Crippen LogP contribution in [0.15, 0.2) is 188 Å². The van der Waals surface area contributed by atoms with E-state index in [0.29, 0.717) is 45.4 Å². The first-order valence-electron chi connectivity index (χ1n) is 18.5. The molecule has 7 rings (SSSR count). The molecule has 0 radical (unpaired) electrons. The Morgan fingerprint density at radius 3 is 1.26 bits per heavy atom. The average Bonchev–Trinajstić information content (AvgIpc) is 3.24. The van der Waals surface area contributed by atoms with Gasteiger partial charge in [-0.2, -0.15) is 0 Å². The van der Waals surface area contributed by atoms with E-state index < -0.39 is 24.4 Å². The lowest BCUT2D eigenvalue weighted by Gasteiger charge is -2.41. The molecule has 0 spiro atoms. The largest absolute Gasteiger partial charge is 0.489 e. The van der Waals surface area contributed by atoms with Crippen LogP contribution < -0.4 is 9.47 Å². The van der Waals surface area contributed by atoms with Gasteiger partial charge in [-0.25, -0.2) is 0 Å². The van der Waals surface area contributed by atoms with E-state index in [1.165, 1.54) is 0 Å². The summed E-state index contributed by atoms with van der Waals surface area (Å²) in [6, 6.07) is 58.6. The molecule has 6 nitrogen and oxygen atoms in total. The monoisotopic (exact) mass is 718 g/mol. The van der Waals surface area contributed by atoms with E-state index in [0.717, 1.165) is 39.1 Å². The van der Waals surface area contributed by atoms with Crippen molar-refractivity contribution < 1.29 is 28.4 Å². The van der Waals surface area contributed by atoms with Gasteiger partial charge in [-0.3, -0.25) is 0 Å². The van der Waals surface area contributed by atoms with Gasteiger partial charge in [0.05, 0.1) is 33.0 Å². The maximum Gasteiger partial charge on any atom is 0.146 e. The number of hydrogen-bond donors (Lipinski definition) is 0. The van der Waals surface area contributed by atoms with Gasteiger partial charge in [0, 0.05) is 0 Å². The molecule has 0 N–H and O–H groups in total. The Morgan fingerprint density at radius 1 is 0.352 bits per heavy atom. The smallest absolute Gasteiger partial charge is 0.146 e. The van der Waals surface area contributed by atoms with Gasteiger partial charge in [0.25, 0.3) is 0 Å². The maximum absolute atomic E-state index is 6.88. The molecule has 6 aromatic rings. The Bertz CT molecular complexity index is 1970. The number of rotatable bonds is 18. The summed E-state index contributed by atoms with van der Waals surface area (Å²) in [6.45, 7) is 2.43. The van der Waals surface area contributed by atoms with Crippen molar-refractivity contribution in [2.24, 2.45) is 0 Å². The van der Waals surface area contributed by atoms with Crippen molar-refractivity contribution in [3.8, 4) is 11.5 Å². The predicted octanol–water partition coefficient (Wildman–Crippen LogP) is 9.93. The highest BCUT2D eigenvalue weighted by molar-refractivity contribution is 5.33. The summed E-state index contributed by atoms with van der Waals surface area (Å²) in [4.78, 5) is 0. The molecule has 6 aromatic carbocycles. The second kappa shape index (κ2) is 19.5. The van der Waals surface area contributed by atoms with E-state index in [9.17, 15) is 0 Å². The van der Waals surface area contributed by atoms with E-state index in [1.54, 1.807) is 0 Å². The predicted molar refractivity (Wildman–Crippen MR) is 211 cm³/mol. The van der Waals surface area contributed by atoms with Crippen molar-refractivity contribution in [2.45, 2.75) is 57.5 Å². The first kappa shape index (κ1) is 36.8. The van der Waals surface area contributed by atoms with Crippen LogP contribution in [-0.2, 0) is 52.0 Å². The molecule has 0 saturated carbocycles. The van der Waals surface area contributed by atoms with Crippen LogP contribution >= 0.6 is 0 Å². The minimum Gasteiger partial charge on any atom is -0.489 e. The van der Waals surface area contributed by atoms with Gasteiger partial charge in [-0.05, 0) is 63.7 Å². The second-order valence-corrected chi connectivity index (χ2v) is 13.3. The van der Waals surface area contributed by atoms with E-state index in [4.69, 9.17) is 28.4 Å². The molecule has 0 heterocycles. The van der Waals surface area contributed by atoms with E-state index in [1.807, 2.05) is 115 Å². The van der Waals surface area contributed by atoms with Gasteiger partial charge in [0.1, 0.15) is 42.5 Å². The molecule has 0 bridgehead atoms. The van der Waals surface area contributed by atoms with Gasteiger partial charge in [-0.1, -0.05) is 152 Å². The normalized spacial score (nSPS) is 18.1. The highest BCUT2D eigenvalue weighted by Crippen LogP contribution is 2.33. The minimum atomic E-state index is -0.531. The van der Waals surface area contributed by atoms with Crippen LogP contribution in [0.3, 0.4) is 0 Å². The lowest BCUT2D eigenvalue weighted by Crippen LogP contribution is -2.54. The van der Waals surface area contributed by atoms with Gasteiger partial charge >= 0.3 is 0 Å². The molecule has 6 heteroatoms. The molecule has 0 aromatic heterocycles. The molecule has 1 aliphatic rings. The van der Waals surface area contributed by atoms with Crippen molar-refractivity contribution in [3.63, 3.8) is 0 Å². The van der Waals surface area contributed by atoms with Crippen molar-refractivity contribution >= 4 is 0 Å². The molecular weight excluding hydrogens is 673 g/mol. The molecule has 54 heavy (non-hydrogen) atoms. The Morgan fingerprint density at radius 2 is 0.759 bits per heavy atom. The molecule has 0 aliphatic heterocycles. The molecule has 0 fully saturated rings. The van der Waals surface area contributed by atoms with E-state index in [2.05, 4.69) is 66.7 Å². The summed E-state index contributed by atoms with van der Waals surface area (Å²) in [5.74, 6) is 1.45. The number of benzene rings is 6. The maximum atomic E-state index is 6.88. The topological polar surface area (TPSA) is 55.4 Å². The Kier molecular flexibility index (Phi) is 13.3. The van der Waals surface area contributed by atoms with Crippen LogP contribution in [0.5, 0.6) is 11.5 Å². The van der Waals surface area contributed by atoms with Crippen molar-refractivity contribution in [2.75, 3.05) is 6.61 Å². The minimum absolute atomic E-state index is 0.330. The summed E-state index contributed by atoms with van der Waals surface area (Å²) >= 11 is 0. The summed E-state index contributed by atoms with van der Waals surface area (Å²) in [5, 5.41) is 0. The standard InChI is InChI=1S/C48H46O6/c1-6-16-37(17-7-1)31-49-36-42-30-45(54-44-28-26-43(27-29-44)50-32-38-18-8-2-9-19-38)47(52-34-40-22-12-4-13-23-40)48(53-35-41-24-14-5-15-25-41)46(42)51-33-39-20-10-3-11-21-39/h1-30,45-48H,31-36H2/t45-,46-,47+,48+/m1/s1. The zero-order chi connectivity index (χ0) is 36.6. The number of ether oxygens (including phenoxy) is 6. The molecule has 0 amide bonds. The first-order valence-corrected chi connectivity index (χ1v) is 18.5. The van der Waals surface area contributed by atoms with Crippen LogP contribution in [-0.4, -0.2) is 31.0 Å². The lowest BCUT2D eigenvalue weighted by atomic mass is 9.88. The molecule has 4 atom stereocenters. The van der Waals surface area contributed by atoms with E-state index >= 15 is 0 Å². The second-order valence-electron chi connectivity index (χ2n) is 13.3. The third-order valence-electron chi connectivity index (χ3n) is 9.26. The Balaban J connectivity index is 1.19. The van der Waals surface area contributed by atoms with Crippen molar-refractivity contribution in [1.82, 2.24) is 0 Å². The average molecular weight is 719 g/mol. The zero-order valence-electron chi connectivity index (χ0n) is 30.3. The fourth-order valence-electron chi connectivity index (χ4n) is 6.44. The van der Waals surface area contributed by atoms with Crippen LogP contribution in [0.2, 0.25) is 0 Å². The summed E-state index contributed by atoms with van der Waals surface area (Å²) in [5.41, 5.74) is 6.32. The molecule has 1 aliphatic carbocycles. The fraction of sp³-hybridized carbons (Fsp3) is 0.208. The summed E-state index contributed by atoms with van der Waals surface area (Å²) in [6.07, 6.45) is 0.0629. The Labute approximate surface area is 318 Å². The Hall–Kier alpha value is -5.50. The SMILES string of the molecule is C1=C(COCc2ccccc2)[C@@H](OCc2ccccc2)[C@H](OCc2ccccc2)[C@@H](OCc2ccccc2)[C@@H]1Oc1ccc(OCc2ccccc2)cc1. The molecular formula is C48H46O6. The molecule has 274 valence electrons. The van der Waals surface area contributed by atoms with Crippen molar-refractivity contribution in [1.29, 1.82) is 0 Å². The lowest BCUT2D eigenvalue weighted by molar-refractivity contribution is -0.169. The third-order valence-corrected chi connectivity index (χ3v) is 9.26. The molecule has 0 saturated heterocycles. The van der Waals surface area contributed by atoms with Crippen molar-refractivity contribution in [3.05, 3.63) is 215 Å². The van der Waals surface area contributed by atoms with Gasteiger partial charge < -0.3 is 28.4 Å². The number of hydrogen-bond acceptors (Lipinski definition) is 6. The van der Waals surface area contributed by atoms with Gasteiger partial charge in [0.15, 0.2) is 0 Å². The van der Waals surface area contributed by atoms with E-state index in [-0.39, 0.29) is 0 Å². The fourth-order valence-corrected chi connectivity index (χ4v) is 6.44. The van der Waals surface area contributed by atoms with Crippen LogP contribution in [0, 0.1) is 0 Å². The highest BCUT2D eigenvalue weighted by atomic mass is 16.6. The quantitative estimate of drug-likeness (QED) is 0.0825. The first-order chi connectivity index (χ1) is 26.8.